The predicted octanol–water partition coefficient (Wildman–Crippen LogP) is 3.05. The summed E-state index contributed by atoms with van der Waals surface area (Å²) >= 11 is 11.7. The van der Waals surface area contributed by atoms with Gasteiger partial charge in [0.05, 0.1) is 0 Å². The lowest BCUT2D eigenvalue weighted by atomic mass is 10.1. The van der Waals surface area contributed by atoms with Crippen molar-refractivity contribution < 1.29 is 9.90 Å². The number of hydrogen-bond donors (Lipinski definition) is 2. The Morgan fingerprint density at radius 3 is 2.62 bits per heavy atom. The summed E-state index contributed by atoms with van der Waals surface area (Å²) in [5.74, 6) is -0.510. The summed E-state index contributed by atoms with van der Waals surface area (Å²) in [5, 5.41) is 13.5. The van der Waals surface area contributed by atoms with Gasteiger partial charge in [-0.2, -0.15) is 0 Å². The maximum absolute atomic E-state index is 12.0. The number of hydrogen-bond acceptors (Lipinski definition) is 3. The van der Waals surface area contributed by atoms with E-state index in [1.165, 1.54) is 18.2 Å². The fourth-order valence-electron chi connectivity index (χ4n) is 1.86. The van der Waals surface area contributed by atoms with Crippen molar-refractivity contribution in [2.75, 3.05) is 0 Å². The number of benzene rings is 1. The molecule has 0 radical (unpaired) electrons. The number of carbonyl (C=O) groups excluding carboxylic acids is 1. The van der Waals surface area contributed by atoms with E-state index in [2.05, 4.69) is 10.3 Å². The molecule has 0 saturated carbocycles. The number of rotatable bonds is 4. The minimum Gasteiger partial charge on any atom is -0.378 e. The smallest absolute Gasteiger partial charge is 0.253 e. The van der Waals surface area contributed by atoms with E-state index in [0.29, 0.717) is 22.2 Å². The summed E-state index contributed by atoms with van der Waals surface area (Å²) in [6.45, 7) is 2.22. The molecule has 2 aromatic rings. The number of nitrogens with zero attached hydrogens (tertiary/aromatic N) is 1. The highest BCUT2D eigenvalue weighted by Crippen LogP contribution is 2.23. The molecule has 1 heterocycles. The van der Waals surface area contributed by atoms with Crippen molar-refractivity contribution >= 4 is 29.1 Å². The van der Waals surface area contributed by atoms with Crippen molar-refractivity contribution in [2.24, 2.45) is 0 Å². The molecular weight excluding hydrogens is 311 g/mol. The Morgan fingerprint density at radius 1 is 1.33 bits per heavy atom. The number of amides is 1. The summed E-state index contributed by atoms with van der Waals surface area (Å²) in [6.07, 6.45) is 2.06. The van der Waals surface area contributed by atoms with E-state index in [9.17, 15) is 9.90 Å². The van der Waals surface area contributed by atoms with E-state index < -0.39 is 12.0 Å². The molecule has 0 fully saturated rings. The minimum atomic E-state index is -1.32. The van der Waals surface area contributed by atoms with Gasteiger partial charge >= 0.3 is 0 Å². The molecule has 1 aromatic carbocycles. The Kier molecular flexibility index (Phi) is 5.17. The fraction of sp³-hybridized carbons (Fsp3) is 0.200. The van der Waals surface area contributed by atoms with Crippen LogP contribution in [0, 0.1) is 6.92 Å². The summed E-state index contributed by atoms with van der Waals surface area (Å²) in [5.41, 5.74) is 2.27. The first-order valence-electron chi connectivity index (χ1n) is 6.28. The summed E-state index contributed by atoms with van der Waals surface area (Å²) in [7, 11) is 0. The third-order valence-electron chi connectivity index (χ3n) is 3.04. The molecule has 1 aromatic heterocycles. The quantitative estimate of drug-likeness (QED) is 0.908. The standard InChI is InChI=1S/C15H14Cl2N2O2/c1-9-7-18-3-2-10(9)8-19-15(21)14(20)11-4-12(16)6-13(17)5-11/h2-7,14,20H,8H2,1H3,(H,19,21). The molecule has 0 aliphatic rings. The lowest BCUT2D eigenvalue weighted by Crippen LogP contribution is -2.29. The number of aromatic nitrogens is 1. The lowest BCUT2D eigenvalue weighted by Gasteiger charge is -2.13. The summed E-state index contributed by atoms with van der Waals surface area (Å²) in [4.78, 5) is 16.0. The molecule has 0 aliphatic carbocycles. The fourth-order valence-corrected chi connectivity index (χ4v) is 2.41. The number of carbonyl (C=O) groups is 1. The first kappa shape index (κ1) is 15.8. The van der Waals surface area contributed by atoms with E-state index in [0.717, 1.165) is 11.1 Å². The number of nitrogens with one attached hydrogen (secondary N) is 1. The normalized spacial score (nSPS) is 12.0. The Hall–Kier alpha value is -1.62. The number of aryl methyl sites for hydroxylation is 1. The number of aliphatic hydroxyl groups is 1. The SMILES string of the molecule is Cc1cnccc1CNC(=O)C(O)c1cc(Cl)cc(Cl)c1. The van der Waals surface area contributed by atoms with Crippen LogP contribution in [0.2, 0.25) is 10.0 Å². The molecule has 0 bridgehead atoms. The molecule has 21 heavy (non-hydrogen) atoms. The molecule has 1 unspecified atom stereocenters. The molecule has 4 nitrogen and oxygen atoms in total. The van der Waals surface area contributed by atoms with Crippen molar-refractivity contribution in [2.45, 2.75) is 19.6 Å². The second kappa shape index (κ2) is 6.89. The van der Waals surface area contributed by atoms with Crippen molar-refractivity contribution in [3.05, 3.63) is 63.4 Å². The van der Waals surface area contributed by atoms with Gasteiger partial charge in [-0.25, -0.2) is 0 Å². The number of pyridine rings is 1. The van der Waals surface area contributed by atoms with Crippen LogP contribution in [0.1, 0.15) is 22.8 Å². The van der Waals surface area contributed by atoms with Crippen LogP contribution in [0.3, 0.4) is 0 Å². The highest BCUT2D eigenvalue weighted by molar-refractivity contribution is 6.34. The molecule has 0 spiro atoms. The van der Waals surface area contributed by atoms with Crippen molar-refractivity contribution in [3.63, 3.8) is 0 Å². The largest absolute Gasteiger partial charge is 0.378 e. The average Bonchev–Trinajstić information content (AvgIpc) is 2.44. The Morgan fingerprint density at radius 2 is 2.00 bits per heavy atom. The van der Waals surface area contributed by atoms with Gasteiger partial charge in [-0.05, 0) is 47.9 Å². The zero-order valence-electron chi connectivity index (χ0n) is 11.3. The van der Waals surface area contributed by atoms with Gasteiger partial charge in [0, 0.05) is 29.0 Å². The molecule has 6 heteroatoms. The van der Waals surface area contributed by atoms with Gasteiger partial charge in [-0.1, -0.05) is 23.2 Å². The van der Waals surface area contributed by atoms with Crippen LogP contribution in [0.15, 0.2) is 36.7 Å². The van der Waals surface area contributed by atoms with Gasteiger partial charge in [-0.3, -0.25) is 9.78 Å². The van der Waals surface area contributed by atoms with Crippen molar-refractivity contribution in [1.82, 2.24) is 10.3 Å². The highest BCUT2D eigenvalue weighted by Gasteiger charge is 2.18. The summed E-state index contributed by atoms with van der Waals surface area (Å²) in [6, 6.07) is 6.38. The van der Waals surface area contributed by atoms with Crippen LogP contribution in [-0.4, -0.2) is 16.0 Å². The van der Waals surface area contributed by atoms with Crippen LogP contribution < -0.4 is 5.32 Å². The molecule has 1 atom stereocenters. The monoisotopic (exact) mass is 324 g/mol. The van der Waals surface area contributed by atoms with Crippen LogP contribution in [-0.2, 0) is 11.3 Å². The second-order valence-corrected chi connectivity index (χ2v) is 5.50. The maximum atomic E-state index is 12.0. The van der Waals surface area contributed by atoms with Crippen LogP contribution in [0.5, 0.6) is 0 Å². The van der Waals surface area contributed by atoms with Gasteiger partial charge in [0.1, 0.15) is 0 Å². The van der Waals surface area contributed by atoms with E-state index in [-0.39, 0.29) is 0 Å². The lowest BCUT2D eigenvalue weighted by molar-refractivity contribution is -0.129. The van der Waals surface area contributed by atoms with E-state index >= 15 is 0 Å². The van der Waals surface area contributed by atoms with E-state index in [1.54, 1.807) is 12.4 Å². The first-order chi connectivity index (χ1) is 9.97. The first-order valence-corrected chi connectivity index (χ1v) is 7.04. The third-order valence-corrected chi connectivity index (χ3v) is 3.47. The van der Waals surface area contributed by atoms with Gasteiger partial charge in [0.25, 0.3) is 5.91 Å². The Labute approximate surface area is 132 Å². The van der Waals surface area contributed by atoms with Crippen molar-refractivity contribution in [1.29, 1.82) is 0 Å². The molecule has 0 aliphatic heterocycles. The third kappa shape index (κ3) is 4.17. The number of aliphatic hydroxyl groups excluding tert-OH is 1. The number of halogens is 2. The molecule has 110 valence electrons. The van der Waals surface area contributed by atoms with Gasteiger partial charge in [-0.15, -0.1) is 0 Å². The van der Waals surface area contributed by atoms with Gasteiger partial charge < -0.3 is 10.4 Å². The molecular formula is C15H14Cl2N2O2. The van der Waals surface area contributed by atoms with E-state index in [1.807, 2.05) is 13.0 Å². The molecule has 2 N–H and O–H groups in total. The topological polar surface area (TPSA) is 62.2 Å². The van der Waals surface area contributed by atoms with Gasteiger partial charge in [0.15, 0.2) is 6.10 Å². The zero-order valence-corrected chi connectivity index (χ0v) is 12.8. The summed E-state index contributed by atoms with van der Waals surface area (Å²) < 4.78 is 0. The van der Waals surface area contributed by atoms with Crippen LogP contribution in [0.4, 0.5) is 0 Å². The Bertz CT molecular complexity index is 642. The predicted molar refractivity (Wildman–Crippen MR) is 82.2 cm³/mol. The highest BCUT2D eigenvalue weighted by atomic mass is 35.5. The van der Waals surface area contributed by atoms with Gasteiger partial charge in [0.2, 0.25) is 0 Å². The maximum Gasteiger partial charge on any atom is 0.253 e. The van der Waals surface area contributed by atoms with Crippen molar-refractivity contribution in [3.8, 4) is 0 Å². The Balaban J connectivity index is 2.04. The van der Waals surface area contributed by atoms with Crippen LogP contribution in [0.25, 0.3) is 0 Å². The second-order valence-electron chi connectivity index (χ2n) is 4.63. The molecule has 0 saturated heterocycles. The average molecular weight is 325 g/mol. The molecule has 2 rings (SSSR count). The zero-order chi connectivity index (χ0) is 15.4. The minimum absolute atomic E-state index is 0.318. The van der Waals surface area contributed by atoms with Crippen LogP contribution >= 0.6 is 23.2 Å². The molecule has 1 amide bonds. The van der Waals surface area contributed by atoms with E-state index in [4.69, 9.17) is 23.2 Å².